The van der Waals surface area contributed by atoms with E-state index in [0.29, 0.717) is 24.7 Å². The number of hydrogen-bond donors (Lipinski definition) is 2. The van der Waals surface area contributed by atoms with Crippen LogP contribution in [0.2, 0.25) is 0 Å². The van der Waals surface area contributed by atoms with Crippen LogP contribution in [0.15, 0.2) is 60.9 Å². The largest absolute Gasteiger partial charge is 0.493 e. The molecule has 1 atom stereocenters. The van der Waals surface area contributed by atoms with Gasteiger partial charge in [-0.1, -0.05) is 20.8 Å². The highest BCUT2D eigenvalue weighted by Crippen LogP contribution is 2.41. The molecular weight excluding hydrogens is 573 g/mol. The van der Waals surface area contributed by atoms with Crippen molar-refractivity contribution >= 4 is 13.1 Å². The van der Waals surface area contributed by atoms with Crippen LogP contribution >= 0.6 is 0 Å². The maximum absolute atomic E-state index is 13.1. The van der Waals surface area contributed by atoms with E-state index in [1.807, 2.05) is 32.9 Å². The molecule has 0 saturated carbocycles. The second-order valence-electron chi connectivity index (χ2n) is 9.92. The van der Waals surface area contributed by atoms with Crippen molar-refractivity contribution in [2.75, 3.05) is 33.9 Å². The van der Waals surface area contributed by atoms with E-state index >= 15 is 0 Å². The summed E-state index contributed by atoms with van der Waals surface area (Å²) in [5.74, 6) is 2.54. The van der Waals surface area contributed by atoms with Crippen LogP contribution in [-0.4, -0.2) is 61.9 Å². The molecule has 45 heavy (non-hydrogen) atoms. The summed E-state index contributed by atoms with van der Waals surface area (Å²) in [7, 11) is 3.43. The number of benzene rings is 2. The number of likely N-dealkylation sites (N-methyl/N-ethyl adjacent to an activating group) is 1. The number of halogens is 1. The molecule has 3 N–H and O–H groups in total. The van der Waals surface area contributed by atoms with E-state index in [1.165, 1.54) is 24.7 Å². The van der Waals surface area contributed by atoms with Crippen LogP contribution in [0.4, 0.5) is 4.39 Å². The third kappa shape index (κ3) is 10.3. The van der Waals surface area contributed by atoms with Crippen molar-refractivity contribution in [2.45, 2.75) is 46.0 Å². The molecule has 5 rings (SSSR count). The van der Waals surface area contributed by atoms with Gasteiger partial charge in [-0.15, -0.1) is 0 Å². The minimum atomic E-state index is -0.240. The standard InChI is InChI=1S/C17H19FN2O.C16H18N2O2.CH5N.CH2O/c1-11-10-21-17-15(11)9-14(7-8-19-2)20-16(17)12-3-5-13(18)6-4-12;1-3-7-20-15-6-5-12(11-19)8-14(15)13-9-17-16(4-2)18-10-13;2*1-2/h3-6,9,11,19H,7-8,10H2,1-2H3;5-6,8-11H,3-4,7H2,1-2H3;2H2,1H3;1H2. The summed E-state index contributed by atoms with van der Waals surface area (Å²) >= 11 is 0. The SMILES string of the molecule is C=O.CCCOc1ccc(C=O)cc1-c1cnc(CC)nc1.CN.CNCCc1cc2c(c(-c3ccc(F)cc3)n1)OCC2C. The molecule has 2 aromatic heterocycles. The number of ether oxygens (including phenoxy) is 2. The van der Waals surface area contributed by atoms with Gasteiger partial charge in [-0.25, -0.2) is 19.3 Å². The first-order valence-electron chi connectivity index (χ1n) is 14.9. The zero-order chi connectivity index (χ0) is 33.2. The Kier molecular flexibility index (Phi) is 16.0. The third-order valence-electron chi connectivity index (χ3n) is 6.75. The summed E-state index contributed by atoms with van der Waals surface area (Å²) in [6.07, 6.45) is 6.97. The molecule has 1 unspecified atom stereocenters. The van der Waals surface area contributed by atoms with Gasteiger partial charge in [0.25, 0.3) is 0 Å². The Bertz CT molecular complexity index is 1470. The number of aryl methyl sites for hydroxylation is 1. The fourth-order valence-corrected chi connectivity index (χ4v) is 4.47. The summed E-state index contributed by atoms with van der Waals surface area (Å²) in [5.41, 5.74) is 10.8. The smallest absolute Gasteiger partial charge is 0.150 e. The predicted octanol–water partition coefficient (Wildman–Crippen LogP) is 5.84. The lowest BCUT2D eigenvalue weighted by molar-refractivity contribution is -0.0980. The number of fused-ring (bicyclic) bond motifs is 1. The zero-order valence-electron chi connectivity index (χ0n) is 26.8. The highest BCUT2D eigenvalue weighted by atomic mass is 19.1. The average molecular weight is 618 g/mol. The lowest BCUT2D eigenvalue weighted by Crippen LogP contribution is -2.11. The molecule has 0 aliphatic carbocycles. The molecule has 240 valence electrons. The van der Waals surface area contributed by atoms with E-state index < -0.39 is 0 Å². The highest BCUT2D eigenvalue weighted by Gasteiger charge is 2.25. The fraction of sp³-hybridized carbons (Fsp3) is 0.343. The first-order chi connectivity index (χ1) is 22.0. The molecule has 0 radical (unpaired) electrons. The van der Waals surface area contributed by atoms with E-state index in [9.17, 15) is 9.18 Å². The summed E-state index contributed by atoms with van der Waals surface area (Å²) in [5, 5.41) is 3.14. The Labute approximate surface area is 265 Å². The number of carbonyl (C=O) groups excluding carboxylic acids is 2. The fourth-order valence-electron chi connectivity index (χ4n) is 4.47. The molecule has 0 bridgehead atoms. The van der Waals surface area contributed by atoms with E-state index in [-0.39, 0.29) is 5.82 Å². The number of aldehydes is 1. The topological polar surface area (TPSA) is 129 Å². The van der Waals surface area contributed by atoms with Gasteiger partial charge in [0, 0.05) is 71.2 Å². The van der Waals surface area contributed by atoms with Crippen molar-refractivity contribution in [2.24, 2.45) is 5.73 Å². The van der Waals surface area contributed by atoms with E-state index in [4.69, 9.17) is 19.3 Å². The van der Waals surface area contributed by atoms with Gasteiger partial charge in [-0.2, -0.15) is 0 Å². The predicted molar refractivity (Wildman–Crippen MR) is 176 cm³/mol. The normalized spacial score (nSPS) is 12.6. The third-order valence-corrected chi connectivity index (χ3v) is 6.75. The average Bonchev–Trinajstić information content (AvgIpc) is 3.48. The number of rotatable bonds is 10. The molecule has 1 aliphatic heterocycles. The van der Waals surface area contributed by atoms with E-state index in [2.05, 4.69) is 40.9 Å². The monoisotopic (exact) mass is 617 g/mol. The number of nitrogens with zero attached hydrogens (tertiary/aromatic N) is 3. The number of aromatic nitrogens is 3. The van der Waals surface area contributed by atoms with Gasteiger partial charge in [-0.05, 0) is 69.0 Å². The van der Waals surface area contributed by atoms with Crippen molar-refractivity contribution in [1.82, 2.24) is 20.3 Å². The van der Waals surface area contributed by atoms with Gasteiger partial charge in [0.1, 0.15) is 41.9 Å². The maximum atomic E-state index is 13.1. The van der Waals surface area contributed by atoms with Crippen molar-refractivity contribution < 1.29 is 23.5 Å². The second kappa shape index (κ2) is 19.7. The van der Waals surface area contributed by atoms with E-state index in [1.54, 1.807) is 30.6 Å². The van der Waals surface area contributed by atoms with Gasteiger partial charge in [0.05, 0.1) is 13.2 Å². The second-order valence-corrected chi connectivity index (χ2v) is 9.92. The molecular formula is C35H44FN5O4. The summed E-state index contributed by atoms with van der Waals surface area (Å²) in [6, 6.07) is 14.0. The highest BCUT2D eigenvalue weighted by molar-refractivity contribution is 5.81. The van der Waals surface area contributed by atoms with Crippen LogP contribution in [0.3, 0.4) is 0 Å². The van der Waals surface area contributed by atoms with Gasteiger partial charge >= 0.3 is 0 Å². The molecule has 2 aromatic carbocycles. The van der Waals surface area contributed by atoms with Crippen molar-refractivity contribution in [3.8, 4) is 33.9 Å². The number of pyridine rings is 1. The van der Waals surface area contributed by atoms with Crippen LogP contribution < -0.4 is 20.5 Å². The molecule has 1 aliphatic rings. The van der Waals surface area contributed by atoms with Crippen molar-refractivity contribution in [1.29, 1.82) is 0 Å². The Balaban J connectivity index is 0.000000283. The van der Waals surface area contributed by atoms with Gasteiger partial charge < -0.3 is 25.3 Å². The summed E-state index contributed by atoms with van der Waals surface area (Å²) < 4.78 is 24.7. The quantitative estimate of drug-likeness (QED) is 0.211. The molecule has 0 fully saturated rings. The van der Waals surface area contributed by atoms with E-state index in [0.717, 1.165) is 77.5 Å². The Morgan fingerprint density at radius 2 is 1.76 bits per heavy atom. The molecule has 9 nitrogen and oxygen atoms in total. The molecule has 3 heterocycles. The molecule has 10 heteroatoms. The number of nitrogens with one attached hydrogen (secondary N) is 1. The number of hydrogen-bond acceptors (Lipinski definition) is 9. The van der Waals surface area contributed by atoms with Crippen LogP contribution in [0.1, 0.15) is 60.5 Å². The Morgan fingerprint density at radius 3 is 2.36 bits per heavy atom. The van der Waals surface area contributed by atoms with Crippen LogP contribution in [0.25, 0.3) is 22.4 Å². The first kappa shape index (κ1) is 36.7. The van der Waals surface area contributed by atoms with Gasteiger partial charge in [0.15, 0.2) is 0 Å². The lowest BCUT2D eigenvalue weighted by atomic mass is 9.99. The van der Waals surface area contributed by atoms with Crippen molar-refractivity contribution in [3.05, 3.63) is 89.4 Å². The minimum absolute atomic E-state index is 0.240. The Hall–Kier alpha value is -4.54. The molecule has 0 spiro atoms. The first-order valence-corrected chi connectivity index (χ1v) is 14.9. The van der Waals surface area contributed by atoms with Crippen LogP contribution in [0.5, 0.6) is 11.5 Å². The van der Waals surface area contributed by atoms with Crippen LogP contribution in [-0.2, 0) is 17.6 Å². The summed E-state index contributed by atoms with van der Waals surface area (Å²) in [4.78, 5) is 32.3. The molecule has 0 saturated heterocycles. The maximum Gasteiger partial charge on any atom is 0.150 e. The Morgan fingerprint density at radius 1 is 1.07 bits per heavy atom. The number of nitrogens with two attached hydrogens (primary N) is 1. The minimum Gasteiger partial charge on any atom is -0.493 e. The molecule has 0 amide bonds. The summed E-state index contributed by atoms with van der Waals surface area (Å²) in [6.45, 7) is 10.4. The van der Waals surface area contributed by atoms with Crippen LogP contribution in [0, 0.1) is 5.82 Å². The van der Waals surface area contributed by atoms with Gasteiger partial charge in [0.2, 0.25) is 0 Å². The van der Waals surface area contributed by atoms with Crippen molar-refractivity contribution in [3.63, 3.8) is 0 Å². The van der Waals surface area contributed by atoms with Gasteiger partial charge in [-0.3, -0.25) is 4.79 Å². The lowest BCUT2D eigenvalue weighted by Gasteiger charge is -2.11. The zero-order valence-corrected chi connectivity index (χ0v) is 26.8. The number of carbonyl (C=O) groups is 2. The molecule has 4 aromatic rings.